The summed E-state index contributed by atoms with van der Waals surface area (Å²) in [6.07, 6.45) is 1.84. The van der Waals surface area contributed by atoms with Crippen LogP contribution in [-0.2, 0) is 21.4 Å². The minimum absolute atomic E-state index is 0.0253. The Morgan fingerprint density at radius 1 is 1.17 bits per heavy atom. The van der Waals surface area contributed by atoms with Gasteiger partial charge in [0.1, 0.15) is 0 Å². The third-order valence-electron chi connectivity index (χ3n) is 3.98. The first kappa shape index (κ1) is 21.0. The van der Waals surface area contributed by atoms with Crippen LogP contribution < -0.4 is 10.0 Å². The molecule has 0 fully saturated rings. The molecule has 0 saturated heterocycles. The van der Waals surface area contributed by atoms with Gasteiger partial charge in [-0.2, -0.15) is 4.98 Å². The summed E-state index contributed by atoms with van der Waals surface area (Å²) >= 11 is 1.41. The monoisotopic (exact) mass is 432 g/mol. The number of thioether (sulfide) groups is 1. The molecule has 1 heterocycles. The van der Waals surface area contributed by atoms with Gasteiger partial charge in [-0.1, -0.05) is 35.0 Å². The van der Waals surface area contributed by atoms with E-state index in [1.54, 1.807) is 6.07 Å². The highest BCUT2D eigenvalue weighted by Crippen LogP contribution is 2.28. The quantitative estimate of drug-likeness (QED) is 0.551. The number of aromatic nitrogens is 2. The third-order valence-corrected chi connectivity index (χ3v) is 6.18. The van der Waals surface area contributed by atoms with Gasteiger partial charge in [-0.3, -0.25) is 4.79 Å². The molecule has 2 N–H and O–H groups in total. The molecule has 0 radical (unpaired) electrons. The number of carbonyl (C=O) groups excluding carboxylic acids is 1. The Kier molecular flexibility index (Phi) is 6.36. The first-order valence-corrected chi connectivity index (χ1v) is 11.3. The fourth-order valence-corrected chi connectivity index (χ4v) is 4.06. The molecule has 0 aliphatic heterocycles. The highest BCUT2D eigenvalue weighted by Gasteiger charge is 2.18. The van der Waals surface area contributed by atoms with E-state index < -0.39 is 10.0 Å². The lowest BCUT2D eigenvalue weighted by Gasteiger charge is -2.11. The first-order chi connectivity index (χ1) is 13.8. The molecule has 152 valence electrons. The van der Waals surface area contributed by atoms with Gasteiger partial charge in [-0.15, -0.1) is 11.8 Å². The van der Waals surface area contributed by atoms with E-state index in [1.165, 1.54) is 30.8 Å². The number of aryl methyl sites for hydroxylation is 1. The molecule has 2 aromatic carbocycles. The number of nitrogens with one attached hydrogen (secondary N) is 2. The van der Waals surface area contributed by atoms with E-state index >= 15 is 0 Å². The maximum absolute atomic E-state index is 12.6. The Bertz CT molecular complexity index is 1130. The largest absolute Gasteiger partial charge is 0.338 e. The van der Waals surface area contributed by atoms with Crippen molar-refractivity contribution in [2.75, 3.05) is 11.6 Å². The number of hydrogen-bond acceptors (Lipinski definition) is 7. The number of carbonyl (C=O) groups is 1. The zero-order valence-electron chi connectivity index (χ0n) is 16.1. The summed E-state index contributed by atoms with van der Waals surface area (Å²) in [4.78, 5) is 16.4. The number of sulfonamides is 1. The summed E-state index contributed by atoms with van der Waals surface area (Å²) < 4.78 is 32.9. The van der Waals surface area contributed by atoms with Crippen molar-refractivity contribution < 1.29 is 17.7 Å². The summed E-state index contributed by atoms with van der Waals surface area (Å²) in [5.74, 6) is 0.251. The van der Waals surface area contributed by atoms with Gasteiger partial charge in [0.15, 0.2) is 0 Å². The van der Waals surface area contributed by atoms with Crippen LogP contribution in [0.2, 0.25) is 0 Å². The normalized spacial score (nSPS) is 11.4. The summed E-state index contributed by atoms with van der Waals surface area (Å²) in [5.41, 5.74) is 2.32. The van der Waals surface area contributed by atoms with Gasteiger partial charge in [-0.05, 0) is 31.4 Å². The second kappa shape index (κ2) is 8.76. The molecule has 3 rings (SSSR count). The first-order valence-electron chi connectivity index (χ1n) is 8.63. The highest BCUT2D eigenvalue weighted by molar-refractivity contribution is 7.98. The lowest BCUT2D eigenvalue weighted by atomic mass is 10.1. The van der Waals surface area contributed by atoms with Gasteiger partial charge in [-0.25, -0.2) is 13.1 Å². The Hall–Kier alpha value is -2.69. The van der Waals surface area contributed by atoms with Crippen molar-refractivity contribution in [2.45, 2.75) is 30.2 Å². The van der Waals surface area contributed by atoms with Crippen molar-refractivity contribution in [1.82, 2.24) is 14.9 Å². The van der Waals surface area contributed by atoms with Crippen LogP contribution in [0.3, 0.4) is 0 Å². The van der Waals surface area contributed by atoms with Crippen molar-refractivity contribution in [3.63, 3.8) is 0 Å². The number of hydrogen-bond donors (Lipinski definition) is 2. The summed E-state index contributed by atoms with van der Waals surface area (Å²) in [5, 5.41) is 6.53. The molecule has 3 aromatic rings. The third kappa shape index (κ3) is 5.22. The van der Waals surface area contributed by atoms with Crippen molar-refractivity contribution in [2.24, 2.45) is 0 Å². The number of benzene rings is 2. The van der Waals surface area contributed by atoms with Gasteiger partial charge in [0.05, 0.1) is 17.1 Å². The number of nitrogens with zero attached hydrogens (tertiary/aromatic N) is 2. The molecule has 0 spiro atoms. The maximum Gasteiger partial charge on any atom is 0.242 e. The Morgan fingerprint density at radius 3 is 2.55 bits per heavy atom. The van der Waals surface area contributed by atoms with Crippen molar-refractivity contribution in [3.05, 3.63) is 53.9 Å². The van der Waals surface area contributed by atoms with Gasteiger partial charge in [0.25, 0.3) is 0 Å². The molecule has 0 saturated carbocycles. The van der Waals surface area contributed by atoms with Gasteiger partial charge < -0.3 is 9.84 Å². The lowest BCUT2D eigenvalue weighted by Crippen LogP contribution is -2.23. The Balaban J connectivity index is 1.75. The predicted molar refractivity (Wildman–Crippen MR) is 111 cm³/mol. The van der Waals surface area contributed by atoms with Gasteiger partial charge in [0, 0.05) is 17.4 Å². The molecule has 29 heavy (non-hydrogen) atoms. The standard InChI is InChI=1S/C19H20N4O4S2/c1-12-4-6-14(7-5-12)19-22-18(27-23-19)11-20-29(25,26)15-8-9-17(28-3)16(10-15)21-13(2)24/h4-10,20H,11H2,1-3H3,(H,21,24). The smallest absolute Gasteiger partial charge is 0.242 e. The van der Waals surface area contributed by atoms with Crippen molar-refractivity contribution in [3.8, 4) is 11.4 Å². The van der Waals surface area contributed by atoms with Crippen LogP contribution in [0, 0.1) is 6.92 Å². The molecule has 0 bridgehead atoms. The fourth-order valence-electron chi connectivity index (χ4n) is 2.53. The minimum atomic E-state index is -3.84. The minimum Gasteiger partial charge on any atom is -0.338 e. The van der Waals surface area contributed by atoms with E-state index in [1.807, 2.05) is 37.4 Å². The zero-order chi connectivity index (χ0) is 21.0. The van der Waals surface area contributed by atoms with Crippen LogP contribution >= 0.6 is 11.8 Å². The molecule has 0 aliphatic carbocycles. The van der Waals surface area contributed by atoms with E-state index in [4.69, 9.17) is 4.52 Å². The van der Waals surface area contributed by atoms with Crippen molar-refractivity contribution in [1.29, 1.82) is 0 Å². The molecule has 0 atom stereocenters. The fraction of sp³-hybridized carbons (Fsp3) is 0.211. The average Bonchev–Trinajstić information content (AvgIpc) is 3.15. The topological polar surface area (TPSA) is 114 Å². The van der Waals surface area contributed by atoms with Gasteiger partial charge in [0.2, 0.25) is 27.6 Å². The molecule has 1 aromatic heterocycles. The van der Waals surface area contributed by atoms with E-state index in [0.29, 0.717) is 11.5 Å². The summed E-state index contributed by atoms with van der Waals surface area (Å²) in [6.45, 7) is 3.19. The van der Waals surface area contributed by atoms with E-state index in [2.05, 4.69) is 20.2 Å². The number of rotatable bonds is 7. The van der Waals surface area contributed by atoms with Crippen molar-refractivity contribution >= 4 is 33.4 Å². The molecule has 0 unspecified atom stereocenters. The van der Waals surface area contributed by atoms with Crippen LogP contribution in [0.1, 0.15) is 18.4 Å². The second-order valence-electron chi connectivity index (χ2n) is 6.25. The van der Waals surface area contributed by atoms with Gasteiger partial charge >= 0.3 is 0 Å². The van der Waals surface area contributed by atoms with E-state index in [9.17, 15) is 13.2 Å². The Morgan fingerprint density at radius 2 is 1.90 bits per heavy atom. The molecule has 1 amide bonds. The van der Waals surface area contributed by atoms with E-state index in [-0.39, 0.29) is 23.2 Å². The van der Waals surface area contributed by atoms with Crippen LogP contribution in [0.5, 0.6) is 0 Å². The summed E-state index contributed by atoms with van der Waals surface area (Å²) in [6, 6.07) is 12.1. The van der Waals surface area contributed by atoms with Crippen LogP contribution in [-0.4, -0.2) is 30.7 Å². The molecular formula is C19H20N4O4S2. The molecule has 10 heteroatoms. The lowest BCUT2D eigenvalue weighted by molar-refractivity contribution is -0.114. The average molecular weight is 433 g/mol. The predicted octanol–water partition coefficient (Wildman–Crippen LogP) is 3.20. The SMILES string of the molecule is CSc1ccc(S(=O)(=O)NCc2nc(-c3ccc(C)cc3)no2)cc1NC(C)=O. The van der Waals surface area contributed by atoms with Crippen LogP contribution in [0.4, 0.5) is 5.69 Å². The van der Waals surface area contributed by atoms with E-state index in [0.717, 1.165) is 16.0 Å². The molecule has 8 nitrogen and oxygen atoms in total. The molecule has 0 aliphatic rings. The highest BCUT2D eigenvalue weighted by atomic mass is 32.2. The maximum atomic E-state index is 12.6. The number of anilines is 1. The zero-order valence-corrected chi connectivity index (χ0v) is 17.7. The second-order valence-corrected chi connectivity index (χ2v) is 8.86. The Labute approximate surface area is 173 Å². The summed E-state index contributed by atoms with van der Waals surface area (Å²) in [7, 11) is -3.84. The van der Waals surface area contributed by atoms with Crippen LogP contribution in [0.25, 0.3) is 11.4 Å². The molecular weight excluding hydrogens is 412 g/mol. The number of amides is 1. The van der Waals surface area contributed by atoms with Crippen LogP contribution in [0.15, 0.2) is 56.8 Å².